The number of amides is 1. The van der Waals surface area contributed by atoms with E-state index in [2.05, 4.69) is 29.6 Å². The number of hydrogen-bond donors (Lipinski definition) is 1. The van der Waals surface area contributed by atoms with Crippen molar-refractivity contribution < 1.29 is 9.53 Å². The fourth-order valence-electron chi connectivity index (χ4n) is 3.19. The van der Waals surface area contributed by atoms with Gasteiger partial charge in [0.15, 0.2) is 0 Å². The molecule has 4 nitrogen and oxygen atoms in total. The number of thioether (sulfide) groups is 1. The summed E-state index contributed by atoms with van der Waals surface area (Å²) in [5.41, 5.74) is 0.974. The van der Waals surface area contributed by atoms with E-state index in [4.69, 9.17) is 4.74 Å². The van der Waals surface area contributed by atoms with Crippen LogP contribution in [0.4, 0.5) is 4.79 Å². The third-order valence-electron chi connectivity index (χ3n) is 4.24. The molecular weight excluding hydrogens is 308 g/mol. The Hall–Kier alpha value is -1.20. The van der Waals surface area contributed by atoms with Crippen LogP contribution < -0.4 is 5.32 Å². The van der Waals surface area contributed by atoms with Crippen LogP contribution in [0.2, 0.25) is 0 Å². The Kier molecular flexibility index (Phi) is 4.87. The number of likely N-dealkylation sites (tertiary alicyclic amines) is 1. The maximum Gasteiger partial charge on any atom is 0.410 e. The van der Waals surface area contributed by atoms with Crippen LogP contribution in [0.3, 0.4) is 0 Å². The Bertz CT molecular complexity index is 570. The van der Waals surface area contributed by atoms with Gasteiger partial charge in [0, 0.05) is 30.1 Å². The van der Waals surface area contributed by atoms with Crippen molar-refractivity contribution in [2.45, 2.75) is 56.2 Å². The molecule has 2 heterocycles. The van der Waals surface area contributed by atoms with Gasteiger partial charge >= 0.3 is 6.09 Å². The first-order valence-corrected chi connectivity index (χ1v) is 9.36. The number of carbonyl (C=O) groups excluding carboxylic acids is 1. The lowest BCUT2D eigenvalue weighted by Crippen LogP contribution is -2.39. The lowest BCUT2D eigenvalue weighted by Gasteiger charge is -2.29. The SMILES string of the molecule is CC(C)(C)OC(=O)N1CCC(NC2CCSc3ccccc32)C1. The van der Waals surface area contributed by atoms with Gasteiger partial charge in [-0.25, -0.2) is 4.79 Å². The van der Waals surface area contributed by atoms with Gasteiger partial charge in [0.05, 0.1) is 0 Å². The van der Waals surface area contributed by atoms with Gasteiger partial charge in [0.1, 0.15) is 5.60 Å². The first-order chi connectivity index (χ1) is 10.9. The van der Waals surface area contributed by atoms with Crippen molar-refractivity contribution >= 4 is 17.9 Å². The quantitative estimate of drug-likeness (QED) is 0.893. The summed E-state index contributed by atoms with van der Waals surface area (Å²) in [6.45, 7) is 7.24. The number of carbonyl (C=O) groups is 1. The highest BCUT2D eigenvalue weighted by Gasteiger charge is 2.32. The number of nitrogens with zero attached hydrogens (tertiary/aromatic N) is 1. The number of hydrogen-bond acceptors (Lipinski definition) is 4. The maximum absolute atomic E-state index is 12.2. The first-order valence-electron chi connectivity index (χ1n) is 8.38. The summed E-state index contributed by atoms with van der Waals surface area (Å²) in [7, 11) is 0. The number of rotatable bonds is 2. The van der Waals surface area contributed by atoms with Crippen LogP contribution in [0.5, 0.6) is 0 Å². The largest absolute Gasteiger partial charge is 0.444 e. The molecule has 0 radical (unpaired) electrons. The second-order valence-corrected chi connectivity index (χ2v) is 8.44. The average molecular weight is 334 g/mol. The Balaban J connectivity index is 1.58. The van der Waals surface area contributed by atoms with E-state index in [1.54, 1.807) is 0 Å². The molecule has 2 atom stereocenters. The Labute approximate surface area is 143 Å². The van der Waals surface area contributed by atoms with Crippen LogP contribution in [0.1, 0.15) is 45.2 Å². The minimum Gasteiger partial charge on any atom is -0.444 e. The molecule has 0 spiro atoms. The third kappa shape index (κ3) is 4.21. The first kappa shape index (κ1) is 16.7. The smallest absolute Gasteiger partial charge is 0.410 e. The molecule has 2 aliphatic heterocycles. The zero-order valence-corrected chi connectivity index (χ0v) is 15.0. The second kappa shape index (κ2) is 6.73. The van der Waals surface area contributed by atoms with E-state index in [-0.39, 0.29) is 6.09 Å². The van der Waals surface area contributed by atoms with Gasteiger partial charge in [0.25, 0.3) is 0 Å². The molecule has 126 valence electrons. The molecular formula is C18H26N2O2S. The van der Waals surface area contributed by atoms with Crippen molar-refractivity contribution in [3.05, 3.63) is 29.8 Å². The summed E-state index contributed by atoms with van der Waals surface area (Å²) in [6, 6.07) is 9.39. The molecule has 3 rings (SSSR count). The molecule has 2 aliphatic rings. The van der Waals surface area contributed by atoms with E-state index in [1.165, 1.54) is 10.5 Å². The van der Waals surface area contributed by atoms with Crippen molar-refractivity contribution in [1.82, 2.24) is 10.2 Å². The average Bonchev–Trinajstić information content (AvgIpc) is 2.95. The predicted molar refractivity (Wildman–Crippen MR) is 93.9 cm³/mol. The summed E-state index contributed by atoms with van der Waals surface area (Å²) in [6.07, 6.45) is 1.94. The fraction of sp³-hybridized carbons (Fsp3) is 0.611. The zero-order chi connectivity index (χ0) is 16.4. The number of benzene rings is 1. The predicted octanol–water partition coefficient (Wildman–Crippen LogP) is 3.82. The van der Waals surface area contributed by atoms with Crippen LogP contribution in [0.15, 0.2) is 29.2 Å². The van der Waals surface area contributed by atoms with E-state index < -0.39 is 5.60 Å². The van der Waals surface area contributed by atoms with Gasteiger partial charge in [-0.2, -0.15) is 0 Å². The van der Waals surface area contributed by atoms with Gasteiger partial charge in [-0.05, 0) is 51.0 Å². The van der Waals surface area contributed by atoms with Crippen LogP contribution in [0.25, 0.3) is 0 Å². The van der Waals surface area contributed by atoms with E-state index >= 15 is 0 Å². The normalized spacial score (nSPS) is 24.4. The molecule has 1 saturated heterocycles. The highest BCUT2D eigenvalue weighted by molar-refractivity contribution is 7.99. The van der Waals surface area contributed by atoms with E-state index in [0.717, 1.165) is 31.7 Å². The highest BCUT2D eigenvalue weighted by Crippen LogP contribution is 2.36. The third-order valence-corrected chi connectivity index (χ3v) is 5.36. The van der Waals surface area contributed by atoms with Gasteiger partial charge < -0.3 is 15.0 Å². The fourth-order valence-corrected chi connectivity index (χ4v) is 4.31. The van der Waals surface area contributed by atoms with Crippen molar-refractivity contribution in [2.24, 2.45) is 0 Å². The molecule has 0 saturated carbocycles. The summed E-state index contributed by atoms with van der Waals surface area (Å²) >= 11 is 1.94. The lowest BCUT2D eigenvalue weighted by atomic mass is 10.0. The summed E-state index contributed by atoms with van der Waals surface area (Å²) in [5.74, 6) is 1.15. The Morgan fingerprint density at radius 1 is 1.30 bits per heavy atom. The molecule has 1 N–H and O–H groups in total. The van der Waals surface area contributed by atoms with E-state index in [9.17, 15) is 4.79 Å². The number of ether oxygens (including phenoxy) is 1. The van der Waals surface area contributed by atoms with Gasteiger partial charge in [0.2, 0.25) is 0 Å². The monoisotopic (exact) mass is 334 g/mol. The maximum atomic E-state index is 12.2. The molecule has 1 aromatic rings. The molecule has 0 bridgehead atoms. The van der Waals surface area contributed by atoms with Gasteiger partial charge in [-0.15, -0.1) is 11.8 Å². The lowest BCUT2D eigenvalue weighted by molar-refractivity contribution is 0.0290. The van der Waals surface area contributed by atoms with Crippen LogP contribution in [-0.4, -0.2) is 41.5 Å². The molecule has 5 heteroatoms. The molecule has 0 aliphatic carbocycles. The number of nitrogens with one attached hydrogen (secondary N) is 1. The van der Waals surface area contributed by atoms with Crippen molar-refractivity contribution in [3.63, 3.8) is 0 Å². The summed E-state index contributed by atoms with van der Waals surface area (Å²) < 4.78 is 5.47. The summed E-state index contributed by atoms with van der Waals surface area (Å²) in [5, 5.41) is 3.76. The minimum absolute atomic E-state index is 0.193. The van der Waals surface area contributed by atoms with E-state index in [0.29, 0.717) is 12.1 Å². The summed E-state index contributed by atoms with van der Waals surface area (Å²) in [4.78, 5) is 15.4. The second-order valence-electron chi connectivity index (χ2n) is 7.31. The van der Waals surface area contributed by atoms with Crippen molar-refractivity contribution in [1.29, 1.82) is 0 Å². The van der Waals surface area contributed by atoms with Crippen LogP contribution >= 0.6 is 11.8 Å². The Morgan fingerprint density at radius 3 is 2.87 bits per heavy atom. The molecule has 1 fully saturated rings. The molecule has 2 unspecified atom stereocenters. The molecule has 0 aromatic heterocycles. The van der Waals surface area contributed by atoms with Gasteiger partial charge in [-0.3, -0.25) is 0 Å². The molecule has 1 amide bonds. The van der Waals surface area contributed by atoms with Crippen molar-refractivity contribution in [2.75, 3.05) is 18.8 Å². The standard InChI is InChI=1S/C18H26N2O2S/c1-18(2,3)22-17(21)20-10-8-13(12-20)19-15-9-11-23-16-7-5-4-6-14(15)16/h4-7,13,15,19H,8-12H2,1-3H3. The molecule has 1 aromatic carbocycles. The Morgan fingerprint density at radius 2 is 2.09 bits per heavy atom. The van der Waals surface area contributed by atoms with E-state index in [1.807, 2.05) is 37.4 Å². The zero-order valence-electron chi connectivity index (χ0n) is 14.2. The van der Waals surface area contributed by atoms with Gasteiger partial charge in [-0.1, -0.05) is 18.2 Å². The van der Waals surface area contributed by atoms with Crippen molar-refractivity contribution in [3.8, 4) is 0 Å². The minimum atomic E-state index is -0.428. The molecule has 23 heavy (non-hydrogen) atoms. The van der Waals surface area contributed by atoms with Crippen LogP contribution in [-0.2, 0) is 4.74 Å². The topological polar surface area (TPSA) is 41.6 Å². The number of fused-ring (bicyclic) bond motifs is 1. The highest BCUT2D eigenvalue weighted by atomic mass is 32.2. The van der Waals surface area contributed by atoms with Crippen LogP contribution in [0, 0.1) is 0 Å².